The van der Waals surface area contributed by atoms with Crippen LogP contribution in [0.1, 0.15) is 21.5 Å². The van der Waals surface area contributed by atoms with Crippen LogP contribution in [0.15, 0.2) is 59.4 Å². The highest BCUT2D eigenvalue weighted by Crippen LogP contribution is 2.28. The molecular weight excluding hydrogens is 350 g/mol. The molecule has 5 nitrogen and oxygen atoms in total. The van der Waals surface area contributed by atoms with Crippen molar-refractivity contribution >= 4 is 32.9 Å². The number of rotatable bonds is 3. The smallest absolute Gasteiger partial charge is 0.196 e. The van der Waals surface area contributed by atoms with Crippen LogP contribution in [0, 0.1) is 22.7 Å². The van der Waals surface area contributed by atoms with E-state index in [2.05, 4.69) is 0 Å². The highest BCUT2D eigenvalue weighted by molar-refractivity contribution is 6.23. The van der Waals surface area contributed by atoms with Crippen LogP contribution < -0.4 is 16.4 Å². The Bertz CT molecular complexity index is 1420. The van der Waals surface area contributed by atoms with E-state index in [4.69, 9.17) is 5.73 Å². The lowest BCUT2D eigenvalue weighted by atomic mass is 9.95. The summed E-state index contributed by atoms with van der Waals surface area (Å²) in [5.41, 5.74) is 6.93. The molecule has 0 fully saturated rings. The third kappa shape index (κ3) is 2.43. The van der Waals surface area contributed by atoms with Crippen molar-refractivity contribution in [2.75, 3.05) is 0 Å². The highest BCUT2D eigenvalue weighted by Gasteiger charge is 2.19. The van der Waals surface area contributed by atoms with Gasteiger partial charge in [-0.3, -0.25) is 9.59 Å². The zero-order chi connectivity index (χ0) is 19.8. The van der Waals surface area contributed by atoms with E-state index in [1.165, 1.54) is 0 Å². The first-order chi connectivity index (χ1) is 13.6. The quantitative estimate of drug-likeness (QED) is 0.562. The summed E-state index contributed by atoms with van der Waals surface area (Å²) in [6, 6.07) is 19.1. The largest absolute Gasteiger partial charge is 0.326 e. The number of benzene rings is 3. The molecule has 28 heavy (non-hydrogen) atoms. The molecule has 0 aliphatic carbocycles. The Balaban J connectivity index is 2.04. The SMILES string of the molecule is N#CC(C#N)=c1c(=O)c2cccc3c(C(=O)c4ccc(CN)cc4)ccc1c32. The number of hydrogen-bond acceptors (Lipinski definition) is 5. The van der Waals surface area contributed by atoms with E-state index in [1.807, 2.05) is 12.1 Å². The molecule has 0 atom stereocenters. The highest BCUT2D eigenvalue weighted by atomic mass is 16.1. The molecule has 5 heteroatoms. The summed E-state index contributed by atoms with van der Waals surface area (Å²) in [4.78, 5) is 25.9. The molecule has 2 N–H and O–H groups in total. The van der Waals surface area contributed by atoms with Crippen molar-refractivity contribution in [2.45, 2.75) is 6.54 Å². The summed E-state index contributed by atoms with van der Waals surface area (Å²) in [5.74, 6) is -0.169. The van der Waals surface area contributed by atoms with Gasteiger partial charge in [0, 0.05) is 28.4 Å². The van der Waals surface area contributed by atoms with Gasteiger partial charge in [0.05, 0.1) is 5.22 Å². The van der Waals surface area contributed by atoms with Crippen LogP contribution in [0.25, 0.3) is 27.1 Å². The first-order valence-corrected chi connectivity index (χ1v) is 8.59. The molecule has 0 heterocycles. The molecular formula is C23H13N3O2. The van der Waals surface area contributed by atoms with Crippen molar-refractivity contribution in [3.05, 3.63) is 86.7 Å². The molecule has 4 aromatic carbocycles. The van der Waals surface area contributed by atoms with Gasteiger partial charge in [0.25, 0.3) is 0 Å². The van der Waals surface area contributed by atoms with E-state index in [1.54, 1.807) is 54.6 Å². The van der Waals surface area contributed by atoms with Gasteiger partial charge in [0.15, 0.2) is 11.2 Å². The van der Waals surface area contributed by atoms with Crippen molar-refractivity contribution < 1.29 is 4.79 Å². The third-order valence-corrected chi connectivity index (χ3v) is 4.95. The fourth-order valence-corrected chi connectivity index (χ4v) is 3.59. The van der Waals surface area contributed by atoms with Crippen molar-refractivity contribution in [1.29, 1.82) is 10.5 Å². The Labute approximate surface area is 159 Å². The van der Waals surface area contributed by atoms with Crippen LogP contribution in [0.5, 0.6) is 0 Å². The van der Waals surface area contributed by atoms with Gasteiger partial charge in [-0.15, -0.1) is 0 Å². The molecule has 4 aromatic rings. The first kappa shape index (κ1) is 17.4. The van der Waals surface area contributed by atoms with E-state index in [-0.39, 0.29) is 22.0 Å². The van der Waals surface area contributed by atoms with E-state index in [0.29, 0.717) is 39.2 Å². The van der Waals surface area contributed by atoms with Crippen LogP contribution in [0.2, 0.25) is 0 Å². The number of nitrogens with zero attached hydrogens (tertiary/aromatic N) is 2. The van der Waals surface area contributed by atoms with Crippen LogP contribution in [-0.2, 0) is 6.54 Å². The molecule has 4 rings (SSSR count). The van der Waals surface area contributed by atoms with Crippen LogP contribution in [-0.4, -0.2) is 5.78 Å². The molecule has 0 aliphatic rings. The zero-order valence-electron chi connectivity index (χ0n) is 14.7. The van der Waals surface area contributed by atoms with Crippen LogP contribution in [0.4, 0.5) is 0 Å². The normalized spacial score (nSPS) is 10.7. The zero-order valence-corrected chi connectivity index (χ0v) is 14.7. The summed E-state index contributed by atoms with van der Waals surface area (Å²) in [6.07, 6.45) is 0. The maximum atomic E-state index is 13.1. The monoisotopic (exact) mass is 363 g/mol. The number of carbonyl (C=O) groups is 1. The molecule has 0 radical (unpaired) electrons. The van der Waals surface area contributed by atoms with Gasteiger partial charge in [-0.1, -0.05) is 48.5 Å². The molecule has 132 valence electrons. The molecule has 0 unspecified atom stereocenters. The molecule has 0 saturated carbocycles. The lowest BCUT2D eigenvalue weighted by Gasteiger charge is -2.07. The van der Waals surface area contributed by atoms with E-state index >= 15 is 0 Å². The van der Waals surface area contributed by atoms with Gasteiger partial charge in [-0.05, 0) is 22.4 Å². The van der Waals surface area contributed by atoms with Gasteiger partial charge < -0.3 is 5.73 Å². The maximum Gasteiger partial charge on any atom is 0.196 e. The second-order valence-electron chi connectivity index (χ2n) is 6.42. The number of hydrogen-bond donors (Lipinski definition) is 1. The Morgan fingerprint density at radius 3 is 2.21 bits per heavy atom. The van der Waals surface area contributed by atoms with Crippen molar-refractivity contribution in [3.8, 4) is 12.1 Å². The van der Waals surface area contributed by atoms with Crippen LogP contribution in [0.3, 0.4) is 0 Å². The molecule has 0 saturated heterocycles. The summed E-state index contributed by atoms with van der Waals surface area (Å²) < 4.78 is 0. The summed E-state index contributed by atoms with van der Waals surface area (Å²) in [5, 5.41) is 20.7. The number of nitriles is 2. The van der Waals surface area contributed by atoms with Gasteiger partial charge in [-0.25, -0.2) is 0 Å². The maximum absolute atomic E-state index is 13.1. The van der Waals surface area contributed by atoms with Crippen LogP contribution >= 0.6 is 0 Å². The molecule has 0 amide bonds. The van der Waals surface area contributed by atoms with Gasteiger partial charge in [0.1, 0.15) is 17.7 Å². The fraction of sp³-hybridized carbons (Fsp3) is 0.0435. The average molecular weight is 363 g/mol. The second-order valence-corrected chi connectivity index (χ2v) is 6.42. The fourth-order valence-electron chi connectivity index (χ4n) is 3.59. The molecule has 0 aliphatic heterocycles. The number of ketones is 1. The predicted molar refractivity (Wildman–Crippen MR) is 107 cm³/mol. The Morgan fingerprint density at radius 2 is 1.57 bits per heavy atom. The van der Waals surface area contributed by atoms with E-state index in [0.717, 1.165) is 5.56 Å². The van der Waals surface area contributed by atoms with Gasteiger partial charge in [-0.2, -0.15) is 10.5 Å². The predicted octanol–water partition coefficient (Wildman–Crippen LogP) is 2.40. The lowest BCUT2D eigenvalue weighted by Crippen LogP contribution is -2.21. The summed E-state index contributed by atoms with van der Waals surface area (Å²) >= 11 is 0. The minimum atomic E-state index is -0.365. The molecule has 0 bridgehead atoms. The van der Waals surface area contributed by atoms with Gasteiger partial charge in [0.2, 0.25) is 0 Å². The summed E-state index contributed by atoms with van der Waals surface area (Å²) in [6.45, 7) is 0.396. The Morgan fingerprint density at radius 1 is 0.893 bits per heavy atom. The van der Waals surface area contributed by atoms with E-state index in [9.17, 15) is 20.1 Å². The first-order valence-electron chi connectivity index (χ1n) is 8.59. The average Bonchev–Trinajstić information content (AvgIpc) is 3.03. The molecule has 0 aromatic heterocycles. The minimum absolute atomic E-state index is 0.0995. The molecule has 0 spiro atoms. The van der Waals surface area contributed by atoms with Crippen molar-refractivity contribution in [3.63, 3.8) is 0 Å². The van der Waals surface area contributed by atoms with E-state index < -0.39 is 0 Å². The van der Waals surface area contributed by atoms with Crippen molar-refractivity contribution in [1.82, 2.24) is 0 Å². The standard InChI is InChI=1S/C23H13N3O2/c24-10-13-4-6-14(7-5-13)22(27)17-8-9-18-20(15(11-25)12-26)23(28)19-3-1-2-16(17)21(18)19/h1-9H,10,24H2. The topological polar surface area (TPSA) is 108 Å². The summed E-state index contributed by atoms with van der Waals surface area (Å²) in [7, 11) is 0. The second kappa shape index (κ2) is 6.59. The lowest BCUT2D eigenvalue weighted by molar-refractivity contribution is 0.104. The number of nitrogens with two attached hydrogens (primary N) is 1. The Hall–Kier alpha value is -4.06. The number of carbonyl (C=O) groups excluding carboxylic acids is 1. The van der Waals surface area contributed by atoms with Gasteiger partial charge >= 0.3 is 0 Å². The van der Waals surface area contributed by atoms with Crippen molar-refractivity contribution in [2.24, 2.45) is 5.73 Å². The minimum Gasteiger partial charge on any atom is -0.326 e. The Kier molecular flexibility index (Phi) is 4.08. The third-order valence-electron chi connectivity index (χ3n) is 4.95.